The van der Waals surface area contributed by atoms with Crippen LogP contribution < -0.4 is 5.32 Å². The average Bonchev–Trinajstić information content (AvgIpc) is 3.19. The van der Waals surface area contributed by atoms with Gasteiger partial charge in [-0.15, -0.1) is 0 Å². The molecule has 144 valence electrons. The number of benzene rings is 1. The number of carbonyl (C=O) groups is 1. The molecule has 2 saturated heterocycles. The molecule has 3 rings (SSSR count). The summed E-state index contributed by atoms with van der Waals surface area (Å²) in [5.74, 6) is 0.00658. The molecule has 1 N–H and O–H groups in total. The van der Waals surface area contributed by atoms with Crippen LogP contribution in [0.1, 0.15) is 19.3 Å². The van der Waals surface area contributed by atoms with Crippen molar-refractivity contribution in [1.29, 1.82) is 0 Å². The number of piperazine rings is 1. The highest BCUT2D eigenvalue weighted by Crippen LogP contribution is 2.20. The van der Waals surface area contributed by atoms with Gasteiger partial charge >= 0.3 is 0 Å². The molecule has 26 heavy (non-hydrogen) atoms. The van der Waals surface area contributed by atoms with E-state index in [-0.39, 0.29) is 29.9 Å². The molecule has 0 saturated carbocycles. The lowest BCUT2D eigenvalue weighted by Gasteiger charge is -2.29. The van der Waals surface area contributed by atoms with E-state index >= 15 is 0 Å². The molecule has 1 aromatic carbocycles. The summed E-state index contributed by atoms with van der Waals surface area (Å²) in [5, 5.41) is 3.21. The minimum absolute atomic E-state index is 0.00658. The van der Waals surface area contributed by atoms with Crippen LogP contribution in [0, 0.1) is 0 Å². The van der Waals surface area contributed by atoms with Gasteiger partial charge in [0.25, 0.3) is 0 Å². The quantitative estimate of drug-likeness (QED) is 0.751. The highest BCUT2D eigenvalue weighted by atomic mass is 32.2. The van der Waals surface area contributed by atoms with Gasteiger partial charge in [0.1, 0.15) is 0 Å². The Morgan fingerprint density at radius 2 is 1.96 bits per heavy atom. The van der Waals surface area contributed by atoms with Gasteiger partial charge in [-0.25, -0.2) is 8.42 Å². The van der Waals surface area contributed by atoms with Gasteiger partial charge in [0.05, 0.1) is 11.0 Å². The Kier molecular flexibility index (Phi) is 6.63. The third-order valence-electron chi connectivity index (χ3n) is 4.86. The summed E-state index contributed by atoms with van der Waals surface area (Å²) < 4.78 is 33.1. The van der Waals surface area contributed by atoms with Gasteiger partial charge in [0.2, 0.25) is 15.9 Å². The van der Waals surface area contributed by atoms with Crippen molar-refractivity contribution in [2.24, 2.45) is 0 Å². The molecule has 0 radical (unpaired) electrons. The van der Waals surface area contributed by atoms with Crippen LogP contribution in [-0.4, -0.2) is 75.5 Å². The largest absolute Gasteiger partial charge is 0.377 e. The maximum atomic E-state index is 13.0. The molecule has 0 bridgehead atoms. The normalized spacial score (nSPS) is 21.3. The van der Waals surface area contributed by atoms with Gasteiger partial charge in [-0.3, -0.25) is 4.79 Å². The summed E-state index contributed by atoms with van der Waals surface area (Å²) in [7, 11) is -3.64. The van der Waals surface area contributed by atoms with E-state index in [2.05, 4.69) is 5.32 Å². The van der Waals surface area contributed by atoms with E-state index in [1.54, 1.807) is 35.2 Å². The van der Waals surface area contributed by atoms with Gasteiger partial charge in [0, 0.05) is 52.3 Å². The standard InChI is InChI=1S/C18H27N3O4S/c22-18(20-12-9-19-10-13-20)8-11-21(15-16-5-4-14-25-16)26(23,24)17-6-2-1-3-7-17/h1-3,6-7,16,19H,4-5,8-15H2/t16-/m0/s1. The number of sulfonamides is 1. The summed E-state index contributed by atoms with van der Waals surface area (Å²) in [6, 6.07) is 8.40. The summed E-state index contributed by atoms with van der Waals surface area (Å²) in [6.45, 7) is 4.07. The lowest BCUT2D eigenvalue weighted by atomic mass is 10.2. The van der Waals surface area contributed by atoms with Crippen LogP contribution in [0.5, 0.6) is 0 Å². The summed E-state index contributed by atoms with van der Waals surface area (Å²) >= 11 is 0. The van der Waals surface area contributed by atoms with Gasteiger partial charge in [0.15, 0.2) is 0 Å². The van der Waals surface area contributed by atoms with Gasteiger partial charge in [-0.2, -0.15) is 4.31 Å². The first-order chi connectivity index (χ1) is 12.6. The number of nitrogens with zero attached hydrogens (tertiary/aromatic N) is 2. The zero-order valence-electron chi connectivity index (χ0n) is 15.0. The van der Waals surface area contributed by atoms with Crippen LogP contribution in [0.2, 0.25) is 0 Å². The van der Waals surface area contributed by atoms with E-state index in [4.69, 9.17) is 4.74 Å². The first-order valence-electron chi connectivity index (χ1n) is 9.22. The van der Waals surface area contributed by atoms with Crippen molar-refractivity contribution in [2.75, 3.05) is 45.9 Å². The maximum Gasteiger partial charge on any atom is 0.243 e. The Morgan fingerprint density at radius 3 is 2.62 bits per heavy atom. The molecule has 1 amide bonds. The van der Waals surface area contributed by atoms with Crippen molar-refractivity contribution in [3.8, 4) is 0 Å². The van der Waals surface area contributed by atoms with E-state index in [1.807, 2.05) is 0 Å². The zero-order valence-corrected chi connectivity index (χ0v) is 15.8. The van der Waals surface area contributed by atoms with Crippen LogP contribution in [0.3, 0.4) is 0 Å². The van der Waals surface area contributed by atoms with Crippen LogP contribution in [0.25, 0.3) is 0 Å². The second-order valence-electron chi connectivity index (χ2n) is 6.69. The number of carbonyl (C=O) groups excluding carboxylic acids is 1. The van der Waals surface area contributed by atoms with Crippen molar-refractivity contribution in [1.82, 2.24) is 14.5 Å². The van der Waals surface area contributed by atoms with E-state index in [0.29, 0.717) is 26.2 Å². The van der Waals surface area contributed by atoms with Gasteiger partial charge in [-0.1, -0.05) is 18.2 Å². The van der Waals surface area contributed by atoms with E-state index in [1.165, 1.54) is 4.31 Å². The molecule has 0 aliphatic carbocycles. The fourth-order valence-electron chi connectivity index (χ4n) is 3.36. The third kappa shape index (κ3) is 4.82. The van der Waals surface area contributed by atoms with E-state index < -0.39 is 10.0 Å². The van der Waals surface area contributed by atoms with Crippen LogP contribution in [-0.2, 0) is 19.6 Å². The molecule has 1 aromatic rings. The molecule has 2 fully saturated rings. The topological polar surface area (TPSA) is 79.0 Å². The van der Waals surface area contributed by atoms with E-state index in [0.717, 1.165) is 25.9 Å². The van der Waals surface area contributed by atoms with Crippen molar-refractivity contribution in [3.05, 3.63) is 30.3 Å². The number of hydrogen-bond donors (Lipinski definition) is 1. The zero-order chi connectivity index (χ0) is 18.4. The Hall–Kier alpha value is -1.48. The number of amides is 1. The summed E-state index contributed by atoms with van der Waals surface area (Å²) in [6.07, 6.45) is 1.90. The molecule has 2 aliphatic heterocycles. The Balaban J connectivity index is 1.69. The number of nitrogens with one attached hydrogen (secondary N) is 1. The first kappa shape index (κ1) is 19.3. The van der Waals surface area contributed by atoms with Crippen LogP contribution in [0.4, 0.5) is 0 Å². The molecule has 7 nitrogen and oxygen atoms in total. The lowest BCUT2D eigenvalue weighted by molar-refractivity contribution is -0.131. The highest BCUT2D eigenvalue weighted by Gasteiger charge is 2.30. The Bertz CT molecular complexity index is 684. The minimum Gasteiger partial charge on any atom is -0.377 e. The fraction of sp³-hybridized carbons (Fsp3) is 0.611. The molecule has 1 atom stereocenters. The molecule has 0 unspecified atom stereocenters. The third-order valence-corrected chi connectivity index (χ3v) is 6.74. The van der Waals surface area contributed by atoms with Gasteiger partial charge in [-0.05, 0) is 25.0 Å². The molecular weight excluding hydrogens is 354 g/mol. The number of rotatable bonds is 7. The monoisotopic (exact) mass is 381 g/mol. The fourth-order valence-corrected chi connectivity index (χ4v) is 4.85. The predicted molar refractivity (Wildman–Crippen MR) is 98.2 cm³/mol. The molecular formula is C18H27N3O4S. The maximum absolute atomic E-state index is 13.0. The van der Waals surface area contributed by atoms with Crippen LogP contribution >= 0.6 is 0 Å². The smallest absolute Gasteiger partial charge is 0.243 e. The second kappa shape index (κ2) is 8.94. The average molecular weight is 381 g/mol. The van der Waals surface area contributed by atoms with Crippen LogP contribution in [0.15, 0.2) is 35.2 Å². The van der Waals surface area contributed by atoms with Crippen molar-refractivity contribution in [2.45, 2.75) is 30.3 Å². The molecule has 0 spiro atoms. The van der Waals surface area contributed by atoms with Crippen molar-refractivity contribution < 1.29 is 17.9 Å². The minimum atomic E-state index is -3.64. The van der Waals surface area contributed by atoms with Crippen molar-refractivity contribution >= 4 is 15.9 Å². The molecule has 2 heterocycles. The Labute approximate surface area is 155 Å². The van der Waals surface area contributed by atoms with E-state index in [9.17, 15) is 13.2 Å². The molecule has 2 aliphatic rings. The molecule has 0 aromatic heterocycles. The Morgan fingerprint density at radius 1 is 1.23 bits per heavy atom. The number of ether oxygens (including phenoxy) is 1. The van der Waals surface area contributed by atoms with Gasteiger partial charge < -0.3 is 15.0 Å². The lowest BCUT2D eigenvalue weighted by Crippen LogP contribution is -2.47. The van der Waals surface area contributed by atoms with Crippen molar-refractivity contribution in [3.63, 3.8) is 0 Å². The SMILES string of the molecule is O=C(CCN(C[C@@H]1CCCO1)S(=O)(=O)c1ccccc1)N1CCNCC1. The summed E-state index contributed by atoms with van der Waals surface area (Å²) in [5.41, 5.74) is 0. The first-order valence-corrected chi connectivity index (χ1v) is 10.7. The molecule has 8 heteroatoms. The number of hydrogen-bond acceptors (Lipinski definition) is 5. The summed E-state index contributed by atoms with van der Waals surface area (Å²) in [4.78, 5) is 14.5. The predicted octanol–water partition coefficient (Wildman–Crippen LogP) is 0.678. The highest BCUT2D eigenvalue weighted by molar-refractivity contribution is 7.89. The second-order valence-corrected chi connectivity index (χ2v) is 8.63.